The number of aromatic amines is 1. The molecular formula is C13H15ClN2S. The summed E-state index contributed by atoms with van der Waals surface area (Å²) in [4.78, 5) is 3.27. The van der Waals surface area contributed by atoms with Crippen molar-refractivity contribution in [2.24, 2.45) is 5.92 Å². The fourth-order valence-electron chi connectivity index (χ4n) is 2.87. The lowest BCUT2D eigenvalue weighted by Crippen LogP contribution is -2.05. The Morgan fingerprint density at radius 2 is 2.24 bits per heavy atom. The van der Waals surface area contributed by atoms with Gasteiger partial charge in [-0.2, -0.15) is 0 Å². The highest BCUT2D eigenvalue weighted by atomic mass is 35.5. The smallest absolute Gasteiger partial charge is 0.178 e. The fraction of sp³-hybridized carbons (Fsp3) is 0.462. The minimum Gasteiger partial charge on any atom is -0.331 e. The summed E-state index contributed by atoms with van der Waals surface area (Å²) in [5, 5.41) is 0.770. The van der Waals surface area contributed by atoms with E-state index in [2.05, 4.69) is 16.5 Å². The van der Waals surface area contributed by atoms with Crippen LogP contribution >= 0.6 is 23.8 Å². The summed E-state index contributed by atoms with van der Waals surface area (Å²) in [5.74, 6) is 0.797. The van der Waals surface area contributed by atoms with E-state index >= 15 is 0 Å². The molecule has 2 atom stereocenters. The molecule has 1 aromatic heterocycles. The maximum atomic E-state index is 6.07. The Bertz CT molecular complexity index is 613. The molecule has 0 aliphatic heterocycles. The lowest BCUT2D eigenvalue weighted by molar-refractivity contribution is 0.500. The van der Waals surface area contributed by atoms with E-state index in [1.54, 1.807) is 0 Å². The average molecular weight is 267 g/mol. The summed E-state index contributed by atoms with van der Waals surface area (Å²) in [6.45, 7) is 2.31. The number of aromatic nitrogens is 2. The van der Waals surface area contributed by atoms with Gasteiger partial charge in [-0.15, -0.1) is 0 Å². The third kappa shape index (κ3) is 1.91. The number of halogens is 1. The predicted octanol–water partition coefficient (Wildman–Crippen LogP) is 4.71. The van der Waals surface area contributed by atoms with Gasteiger partial charge in [0, 0.05) is 11.1 Å². The molecule has 2 nitrogen and oxygen atoms in total. The van der Waals surface area contributed by atoms with E-state index in [0.29, 0.717) is 6.04 Å². The zero-order valence-corrected chi connectivity index (χ0v) is 11.3. The molecule has 2 unspecified atom stereocenters. The second-order valence-electron chi connectivity index (χ2n) is 5.03. The summed E-state index contributed by atoms with van der Waals surface area (Å²) in [6.07, 6.45) is 3.72. The lowest BCUT2D eigenvalue weighted by atomic mass is 10.1. The monoisotopic (exact) mass is 266 g/mol. The molecule has 0 spiro atoms. The Morgan fingerprint density at radius 1 is 1.41 bits per heavy atom. The van der Waals surface area contributed by atoms with Crippen LogP contribution in [0.1, 0.15) is 32.2 Å². The molecule has 0 bridgehead atoms. The molecule has 1 saturated carbocycles. The highest BCUT2D eigenvalue weighted by Gasteiger charge is 2.24. The van der Waals surface area contributed by atoms with Crippen LogP contribution in [0.25, 0.3) is 11.0 Å². The quantitative estimate of drug-likeness (QED) is 0.741. The van der Waals surface area contributed by atoms with Gasteiger partial charge in [0.2, 0.25) is 0 Å². The van der Waals surface area contributed by atoms with Crippen molar-refractivity contribution in [3.05, 3.63) is 28.0 Å². The van der Waals surface area contributed by atoms with Gasteiger partial charge in [-0.1, -0.05) is 18.5 Å². The third-order valence-electron chi connectivity index (χ3n) is 3.71. The molecule has 1 heterocycles. The van der Waals surface area contributed by atoms with Crippen LogP contribution < -0.4 is 0 Å². The molecule has 90 valence electrons. The van der Waals surface area contributed by atoms with E-state index < -0.39 is 0 Å². The second-order valence-corrected chi connectivity index (χ2v) is 5.86. The number of hydrogen-bond acceptors (Lipinski definition) is 1. The Hall–Kier alpha value is -0.800. The maximum absolute atomic E-state index is 6.07. The number of nitrogens with one attached hydrogen (secondary N) is 1. The molecular weight excluding hydrogens is 252 g/mol. The van der Waals surface area contributed by atoms with Crippen LogP contribution in [0.5, 0.6) is 0 Å². The number of H-pyrrole nitrogens is 1. The van der Waals surface area contributed by atoms with E-state index in [9.17, 15) is 0 Å². The zero-order valence-electron chi connectivity index (χ0n) is 9.74. The number of imidazole rings is 1. The van der Waals surface area contributed by atoms with Crippen LogP contribution in [0.3, 0.4) is 0 Å². The first kappa shape index (κ1) is 11.3. The maximum Gasteiger partial charge on any atom is 0.178 e. The average Bonchev–Trinajstić information content (AvgIpc) is 2.81. The van der Waals surface area contributed by atoms with Gasteiger partial charge in [0.25, 0.3) is 0 Å². The molecule has 1 N–H and O–H groups in total. The number of fused-ring (bicyclic) bond motifs is 1. The van der Waals surface area contributed by atoms with Gasteiger partial charge in [-0.25, -0.2) is 0 Å². The summed E-state index contributed by atoms with van der Waals surface area (Å²) in [5.41, 5.74) is 2.22. The molecule has 1 aliphatic rings. The van der Waals surface area contributed by atoms with Crippen molar-refractivity contribution in [1.29, 1.82) is 0 Å². The molecule has 0 saturated heterocycles. The molecule has 3 rings (SSSR count). The number of hydrogen-bond donors (Lipinski definition) is 1. The van der Waals surface area contributed by atoms with Gasteiger partial charge in [-0.3, -0.25) is 0 Å². The molecule has 2 aromatic rings. The van der Waals surface area contributed by atoms with Crippen molar-refractivity contribution >= 4 is 34.9 Å². The largest absolute Gasteiger partial charge is 0.331 e. The van der Waals surface area contributed by atoms with Crippen LogP contribution in [0, 0.1) is 10.7 Å². The SMILES string of the molecule is CC1CCC(n2c(=S)[nH]c3ccc(Cl)cc32)C1. The number of nitrogens with zero attached hydrogens (tertiary/aromatic N) is 1. The van der Waals surface area contributed by atoms with Gasteiger partial charge in [-0.05, 0) is 55.6 Å². The van der Waals surface area contributed by atoms with Crippen LogP contribution in [0.4, 0.5) is 0 Å². The van der Waals surface area contributed by atoms with Crippen LogP contribution in [0.15, 0.2) is 18.2 Å². The van der Waals surface area contributed by atoms with Crippen molar-refractivity contribution in [3.8, 4) is 0 Å². The summed E-state index contributed by atoms with van der Waals surface area (Å²) in [6, 6.07) is 6.44. The van der Waals surface area contributed by atoms with E-state index in [1.165, 1.54) is 19.3 Å². The van der Waals surface area contributed by atoms with E-state index in [0.717, 1.165) is 26.7 Å². The van der Waals surface area contributed by atoms with Crippen LogP contribution in [-0.2, 0) is 0 Å². The second kappa shape index (κ2) is 4.14. The van der Waals surface area contributed by atoms with Gasteiger partial charge in [0.15, 0.2) is 4.77 Å². The van der Waals surface area contributed by atoms with Gasteiger partial charge < -0.3 is 9.55 Å². The van der Waals surface area contributed by atoms with Crippen molar-refractivity contribution in [2.45, 2.75) is 32.2 Å². The normalized spacial score (nSPS) is 24.6. The van der Waals surface area contributed by atoms with Crippen molar-refractivity contribution < 1.29 is 0 Å². The van der Waals surface area contributed by atoms with Gasteiger partial charge in [0.05, 0.1) is 11.0 Å². The molecule has 1 aromatic carbocycles. The first-order chi connectivity index (χ1) is 8.15. The third-order valence-corrected chi connectivity index (χ3v) is 4.25. The highest BCUT2D eigenvalue weighted by Crippen LogP contribution is 2.36. The van der Waals surface area contributed by atoms with E-state index in [4.69, 9.17) is 23.8 Å². The van der Waals surface area contributed by atoms with Crippen molar-refractivity contribution in [2.75, 3.05) is 0 Å². The Labute approximate surface area is 111 Å². The standard InChI is InChI=1S/C13H15ClN2S/c1-8-2-4-10(6-8)16-12-7-9(14)3-5-11(12)15-13(16)17/h3,5,7-8,10H,2,4,6H2,1H3,(H,15,17). The first-order valence-corrected chi connectivity index (χ1v) is 6.83. The van der Waals surface area contributed by atoms with Crippen LogP contribution in [-0.4, -0.2) is 9.55 Å². The molecule has 1 fully saturated rings. The Kier molecular flexibility index (Phi) is 2.75. The summed E-state index contributed by atoms with van der Waals surface area (Å²) in [7, 11) is 0. The minimum absolute atomic E-state index is 0.532. The Morgan fingerprint density at radius 3 is 2.94 bits per heavy atom. The van der Waals surface area contributed by atoms with Crippen LogP contribution in [0.2, 0.25) is 5.02 Å². The van der Waals surface area contributed by atoms with Gasteiger partial charge in [0.1, 0.15) is 0 Å². The Balaban J connectivity index is 2.17. The molecule has 1 aliphatic carbocycles. The molecule has 4 heteroatoms. The van der Waals surface area contributed by atoms with Gasteiger partial charge >= 0.3 is 0 Å². The minimum atomic E-state index is 0.532. The first-order valence-electron chi connectivity index (χ1n) is 6.05. The zero-order chi connectivity index (χ0) is 12.0. The summed E-state index contributed by atoms with van der Waals surface area (Å²) < 4.78 is 3.07. The highest BCUT2D eigenvalue weighted by molar-refractivity contribution is 7.71. The topological polar surface area (TPSA) is 20.7 Å². The molecule has 0 amide bonds. The molecule has 17 heavy (non-hydrogen) atoms. The van der Waals surface area contributed by atoms with E-state index in [1.807, 2.05) is 18.2 Å². The predicted molar refractivity (Wildman–Crippen MR) is 74.2 cm³/mol. The molecule has 0 radical (unpaired) electrons. The van der Waals surface area contributed by atoms with Crippen molar-refractivity contribution in [1.82, 2.24) is 9.55 Å². The summed E-state index contributed by atoms with van der Waals surface area (Å²) >= 11 is 11.5. The number of benzene rings is 1. The number of rotatable bonds is 1. The van der Waals surface area contributed by atoms with Crippen molar-refractivity contribution in [3.63, 3.8) is 0 Å². The fourth-order valence-corrected chi connectivity index (χ4v) is 3.39. The lowest BCUT2D eigenvalue weighted by Gasteiger charge is -2.13. The van der Waals surface area contributed by atoms with E-state index in [-0.39, 0.29) is 0 Å².